The van der Waals surface area contributed by atoms with Gasteiger partial charge >= 0.3 is 0 Å². The molecule has 0 amide bonds. The second kappa shape index (κ2) is 7.44. The van der Waals surface area contributed by atoms with E-state index < -0.39 is 5.60 Å². The van der Waals surface area contributed by atoms with Gasteiger partial charge in [0.25, 0.3) is 0 Å². The van der Waals surface area contributed by atoms with E-state index in [1.54, 1.807) is 24.9 Å². The van der Waals surface area contributed by atoms with Crippen molar-refractivity contribution in [1.29, 1.82) is 0 Å². The van der Waals surface area contributed by atoms with Crippen molar-refractivity contribution in [2.24, 2.45) is 23.9 Å². The monoisotopic (exact) mass is 407 g/mol. The van der Waals surface area contributed by atoms with Crippen molar-refractivity contribution in [3.8, 4) is 0 Å². The maximum Gasteiger partial charge on any atom is 0.191 e. The highest BCUT2D eigenvalue weighted by Crippen LogP contribution is 2.36. The van der Waals surface area contributed by atoms with Crippen LogP contribution >= 0.6 is 24.0 Å². The summed E-state index contributed by atoms with van der Waals surface area (Å²) in [5.74, 6) is 2.31. The van der Waals surface area contributed by atoms with Crippen molar-refractivity contribution in [2.45, 2.75) is 25.9 Å². The second-order valence-electron chi connectivity index (χ2n) is 5.96. The molecular formula is C14H26IN5O. The lowest BCUT2D eigenvalue weighted by Gasteiger charge is -2.23. The van der Waals surface area contributed by atoms with Crippen molar-refractivity contribution in [2.75, 3.05) is 20.1 Å². The number of guanidine groups is 1. The number of aliphatic imine (C=N–C) groups is 1. The van der Waals surface area contributed by atoms with Gasteiger partial charge in [-0.3, -0.25) is 9.67 Å². The standard InChI is InChI=1S/C14H25N5O.HI/c1-10-5-11(10)6-16-13(15-3)17-9-14(2,20)12-7-18-19(4)8-12;/h7-8,10-11,20H,5-6,9H2,1-4H3,(H2,15,16,17);1H. The smallest absolute Gasteiger partial charge is 0.191 e. The quantitative estimate of drug-likeness (QED) is 0.388. The molecule has 7 heteroatoms. The van der Waals surface area contributed by atoms with E-state index in [1.165, 1.54) is 6.42 Å². The third-order valence-corrected chi connectivity index (χ3v) is 3.96. The van der Waals surface area contributed by atoms with Gasteiger partial charge in [0.2, 0.25) is 0 Å². The Morgan fingerprint density at radius 2 is 2.24 bits per heavy atom. The maximum absolute atomic E-state index is 10.5. The molecule has 1 aromatic rings. The lowest BCUT2D eigenvalue weighted by atomic mass is 10.00. The average Bonchev–Trinajstić information content (AvgIpc) is 2.91. The molecule has 2 rings (SSSR count). The molecule has 0 spiro atoms. The van der Waals surface area contributed by atoms with Crippen LogP contribution in [0.3, 0.4) is 0 Å². The van der Waals surface area contributed by atoms with Crippen molar-refractivity contribution in [3.63, 3.8) is 0 Å². The Kier molecular flexibility index (Phi) is 6.45. The zero-order valence-corrected chi connectivity index (χ0v) is 15.5. The molecule has 3 N–H and O–H groups in total. The first-order chi connectivity index (χ1) is 9.42. The summed E-state index contributed by atoms with van der Waals surface area (Å²) in [6, 6.07) is 0. The number of hydrogen-bond donors (Lipinski definition) is 3. The van der Waals surface area contributed by atoms with Crippen LogP contribution in [0.25, 0.3) is 0 Å². The summed E-state index contributed by atoms with van der Waals surface area (Å²) in [6.45, 7) is 5.36. The van der Waals surface area contributed by atoms with Crippen LogP contribution in [0.5, 0.6) is 0 Å². The van der Waals surface area contributed by atoms with Crippen LogP contribution in [0.4, 0.5) is 0 Å². The van der Waals surface area contributed by atoms with Gasteiger partial charge < -0.3 is 15.7 Å². The summed E-state index contributed by atoms with van der Waals surface area (Å²) in [6.07, 6.45) is 4.80. The van der Waals surface area contributed by atoms with Crippen LogP contribution in [-0.2, 0) is 12.6 Å². The first kappa shape index (κ1) is 18.2. The van der Waals surface area contributed by atoms with Gasteiger partial charge in [-0.1, -0.05) is 6.92 Å². The number of nitrogens with one attached hydrogen (secondary N) is 2. The van der Waals surface area contributed by atoms with Gasteiger partial charge in [-0.05, 0) is 25.2 Å². The molecule has 6 nitrogen and oxygen atoms in total. The van der Waals surface area contributed by atoms with Crippen molar-refractivity contribution < 1.29 is 5.11 Å². The van der Waals surface area contributed by atoms with Crippen LogP contribution in [-0.4, -0.2) is 41.0 Å². The first-order valence-electron chi connectivity index (χ1n) is 7.08. The lowest BCUT2D eigenvalue weighted by molar-refractivity contribution is 0.0616. The largest absolute Gasteiger partial charge is 0.383 e. The number of nitrogens with zero attached hydrogens (tertiary/aromatic N) is 3. The Bertz CT molecular complexity index is 485. The van der Waals surface area contributed by atoms with Gasteiger partial charge in [0.1, 0.15) is 5.60 Å². The molecule has 21 heavy (non-hydrogen) atoms. The highest BCUT2D eigenvalue weighted by Gasteiger charge is 2.32. The molecule has 3 atom stereocenters. The van der Waals surface area contributed by atoms with Gasteiger partial charge in [0.05, 0.1) is 12.7 Å². The minimum Gasteiger partial charge on any atom is -0.383 e. The molecule has 1 fully saturated rings. The van der Waals surface area contributed by atoms with Gasteiger partial charge in [-0.25, -0.2) is 0 Å². The summed E-state index contributed by atoms with van der Waals surface area (Å²) >= 11 is 0. The molecule has 120 valence electrons. The topological polar surface area (TPSA) is 74.5 Å². The minimum atomic E-state index is -0.973. The first-order valence-corrected chi connectivity index (χ1v) is 7.08. The van der Waals surface area contributed by atoms with Gasteiger partial charge in [-0.15, -0.1) is 24.0 Å². The Morgan fingerprint density at radius 3 is 2.71 bits per heavy atom. The molecule has 1 aromatic heterocycles. The summed E-state index contributed by atoms with van der Waals surface area (Å²) in [4.78, 5) is 4.18. The minimum absolute atomic E-state index is 0. The molecule has 0 aliphatic heterocycles. The molecule has 0 bridgehead atoms. The molecule has 1 aliphatic rings. The summed E-state index contributed by atoms with van der Waals surface area (Å²) < 4.78 is 1.69. The molecule has 1 heterocycles. The molecular weight excluding hydrogens is 381 g/mol. The summed E-state index contributed by atoms with van der Waals surface area (Å²) in [7, 11) is 3.58. The number of rotatable bonds is 5. The molecule has 0 radical (unpaired) electrons. The Labute approximate surface area is 143 Å². The van der Waals surface area contributed by atoms with Gasteiger partial charge in [-0.2, -0.15) is 5.10 Å². The highest BCUT2D eigenvalue weighted by atomic mass is 127. The van der Waals surface area contributed by atoms with Gasteiger partial charge in [0, 0.05) is 32.4 Å². The summed E-state index contributed by atoms with van der Waals surface area (Å²) in [5, 5.41) is 21.0. The molecule has 1 saturated carbocycles. The molecule has 1 aliphatic carbocycles. The van der Waals surface area contributed by atoms with E-state index in [0.717, 1.165) is 29.9 Å². The van der Waals surface area contributed by atoms with E-state index in [4.69, 9.17) is 0 Å². The van der Waals surface area contributed by atoms with Crippen LogP contribution < -0.4 is 10.6 Å². The fourth-order valence-corrected chi connectivity index (χ4v) is 2.19. The molecule has 0 saturated heterocycles. The fraction of sp³-hybridized carbons (Fsp3) is 0.714. The number of halogens is 1. The van der Waals surface area contributed by atoms with E-state index in [1.807, 2.05) is 13.2 Å². The third kappa shape index (κ3) is 5.14. The van der Waals surface area contributed by atoms with E-state index in [-0.39, 0.29) is 24.0 Å². The maximum atomic E-state index is 10.5. The fourth-order valence-electron chi connectivity index (χ4n) is 2.19. The van der Waals surface area contributed by atoms with E-state index in [0.29, 0.717) is 6.54 Å². The van der Waals surface area contributed by atoms with Crippen LogP contribution in [0.15, 0.2) is 17.4 Å². The number of aliphatic hydroxyl groups is 1. The number of aromatic nitrogens is 2. The van der Waals surface area contributed by atoms with Crippen molar-refractivity contribution in [3.05, 3.63) is 18.0 Å². The molecule has 3 unspecified atom stereocenters. The average molecular weight is 407 g/mol. The summed E-state index contributed by atoms with van der Waals surface area (Å²) in [5.41, 5.74) is -0.183. The van der Waals surface area contributed by atoms with E-state index >= 15 is 0 Å². The third-order valence-electron chi connectivity index (χ3n) is 3.96. The molecule has 0 aromatic carbocycles. The van der Waals surface area contributed by atoms with E-state index in [9.17, 15) is 5.11 Å². The second-order valence-corrected chi connectivity index (χ2v) is 5.96. The highest BCUT2D eigenvalue weighted by molar-refractivity contribution is 14.0. The van der Waals surface area contributed by atoms with Crippen LogP contribution in [0.2, 0.25) is 0 Å². The van der Waals surface area contributed by atoms with Crippen LogP contribution in [0.1, 0.15) is 25.8 Å². The number of hydrogen-bond acceptors (Lipinski definition) is 3. The van der Waals surface area contributed by atoms with Crippen molar-refractivity contribution >= 4 is 29.9 Å². The van der Waals surface area contributed by atoms with Gasteiger partial charge in [0.15, 0.2) is 5.96 Å². The zero-order valence-electron chi connectivity index (χ0n) is 13.1. The zero-order chi connectivity index (χ0) is 14.8. The Morgan fingerprint density at radius 1 is 1.57 bits per heavy atom. The van der Waals surface area contributed by atoms with Crippen molar-refractivity contribution in [1.82, 2.24) is 20.4 Å². The van der Waals surface area contributed by atoms with E-state index in [2.05, 4.69) is 27.6 Å². The lowest BCUT2D eigenvalue weighted by Crippen LogP contribution is -2.45. The Hall–Kier alpha value is -0.830. The normalized spacial score (nSPS) is 24.0. The predicted molar refractivity (Wildman–Crippen MR) is 94.8 cm³/mol. The SMILES string of the molecule is CN=C(NCC1CC1C)NCC(C)(O)c1cnn(C)c1.I. The number of aryl methyl sites for hydroxylation is 1. The van der Waals surface area contributed by atoms with Crippen LogP contribution in [0, 0.1) is 11.8 Å². The Balaban J connectivity index is 0.00000220. The predicted octanol–water partition coefficient (Wildman–Crippen LogP) is 1.07.